The van der Waals surface area contributed by atoms with Gasteiger partial charge in [-0.1, -0.05) is 58.3 Å². The van der Waals surface area contributed by atoms with Gasteiger partial charge in [0.25, 0.3) is 0 Å². The molecule has 6 nitrogen and oxygen atoms in total. The fourth-order valence-electron chi connectivity index (χ4n) is 2.66. The van der Waals surface area contributed by atoms with Crippen LogP contribution in [0.25, 0.3) is 0 Å². The van der Waals surface area contributed by atoms with E-state index in [1.54, 1.807) is 0 Å². The van der Waals surface area contributed by atoms with E-state index in [1.165, 1.54) is 44.6 Å². The maximum absolute atomic E-state index is 11.1. The monoisotopic (exact) mass is 342 g/mol. The van der Waals surface area contributed by atoms with Gasteiger partial charge in [0.2, 0.25) is 5.76 Å². The molecule has 0 unspecified atom stereocenters. The zero-order valence-electron chi connectivity index (χ0n) is 14.4. The average Bonchev–Trinajstić information content (AvgIpc) is 2.83. The van der Waals surface area contributed by atoms with Crippen LogP contribution < -0.4 is 0 Å². The van der Waals surface area contributed by atoms with E-state index < -0.39 is 29.7 Å². The second-order valence-electron chi connectivity index (χ2n) is 6.25. The number of ether oxygens (including phenoxy) is 1. The standard InChI is InChI=1S/C18H30O6/c1-2-3-4-5-6-7-8-9-10-11-12-13(19)14(20)17-15(21)16(22)18(23)24-17/h12,14,17,19-22H,2-11H2,1H3/t14-,17+/m0/s1. The highest BCUT2D eigenvalue weighted by Crippen LogP contribution is 2.24. The SMILES string of the molecule is CCCCCCCCCCCC=C(O)[C@H](O)[C@H]1OC(=O)C(O)=C1O. The molecule has 0 aromatic heterocycles. The van der Waals surface area contributed by atoms with Crippen molar-refractivity contribution in [3.63, 3.8) is 0 Å². The van der Waals surface area contributed by atoms with Crippen LogP contribution in [0.3, 0.4) is 0 Å². The second kappa shape index (κ2) is 11.0. The smallest absolute Gasteiger partial charge is 0.378 e. The van der Waals surface area contributed by atoms with Gasteiger partial charge < -0.3 is 25.2 Å². The summed E-state index contributed by atoms with van der Waals surface area (Å²) >= 11 is 0. The fraction of sp³-hybridized carbons (Fsp3) is 0.722. The number of aliphatic hydroxyl groups is 4. The van der Waals surface area contributed by atoms with Gasteiger partial charge in [0, 0.05) is 0 Å². The quantitative estimate of drug-likeness (QED) is 0.243. The molecule has 24 heavy (non-hydrogen) atoms. The lowest BCUT2D eigenvalue weighted by atomic mass is 10.1. The molecule has 0 radical (unpaired) electrons. The Kier molecular flexibility index (Phi) is 9.30. The molecule has 1 aliphatic rings. The molecule has 0 aromatic rings. The first kappa shape index (κ1) is 20.4. The normalized spacial score (nSPS) is 19.7. The van der Waals surface area contributed by atoms with Crippen LogP contribution in [0.1, 0.15) is 71.1 Å². The van der Waals surface area contributed by atoms with Crippen molar-refractivity contribution in [2.24, 2.45) is 0 Å². The van der Waals surface area contributed by atoms with Crippen molar-refractivity contribution in [2.75, 3.05) is 0 Å². The summed E-state index contributed by atoms with van der Waals surface area (Å²) in [5.74, 6) is -3.15. The van der Waals surface area contributed by atoms with Crippen molar-refractivity contribution >= 4 is 5.97 Å². The third kappa shape index (κ3) is 6.43. The summed E-state index contributed by atoms with van der Waals surface area (Å²) in [7, 11) is 0. The van der Waals surface area contributed by atoms with Gasteiger partial charge in [-0.05, 0) is 18.9 Å². The lowest BCUT2D eigenvalue weighted by Gasteiger charge is -2.16. The lowest BCUT2D eigenvalue weighted by Crippen LogP contribution is -2.30. The molecule has 4 N–H and O–H groups in total. The number of carbonyl (C=O) groups excluding carboxylic acids is 1. The number of hydrogen-bond acceptors (Lipinski definition) is 6. The van der Waals surface area contributed by atoms with Crippen molar-refractivity contribution in [3.8, 4) is 0 Å². The minimum atomic E-state index is -1.57. The summed E-state index contributed by atoms with van der Waals surface area (Å²) < 4.78 is 4.60. The molecule has 0 saturated heterocycles. The average molecular weight is 342 g/mol. The van der Waals surface area contributed by atoms with E-state index in [1.807, 2.05) is 0 Å². The van der Waals surface area contributed by atoms with Gasteiger partial charge in [-0.3, -0.25) is 0 Å². The number of rotatable bonds is 12. The first-order chi connectivity index (χ1) is 11.5. The number of hydrogen-bond donors (Lipinski definition) is 4. The molecule has 138 valence electrons. The van der Waals surface area contributed by atoms with Crippen LogP contribution in [0.2, 0.25) is 0 Å². The largest absolute Gasteiger partial charge is 0.510 e. The van der Waals surface area contributed by atoms with Crippen molar-refractivity contribution in [1.29, 1.82) is 0 Å². The molecule has 1 heterocycles. The first-order valence-electron chi connectivity index (χ1n) is 8.89. The Bertz CT molecular complexity index is 454. The van der Waals surface area contributed by atoms with Crippen LogP contribution in [0.15, 0.2) is 23.4 Å². The third-order valence-corrected chi connectivity index (χ3v) is 4.19. The van der Waals surface area contributed by atoms with E-state index in [0.29, 0.717) is 6.42 Å². The molecule has 0 aromatic carbocycles. The van der Waals surface area contributed by atoms with E-state index in [9.17, 15) is 25.2 Å². The summed E-state index contributed by atoms with van der Waals surface area (Å²) in [6, 6.07) is 0. The Hall–Kier alpha value is -1.69. The molecular weight excluding hydrogens is 312 g/mol. The summed E-state index contributed by atoms with van der Waals surface area (Å²) in [4.78, 5) is 11.1. The number of aliphatic hydroxyl groups excluding tert-OH is 4. The first-order valence-corrected chi connectivity index (χ1v) is 8.89. The number of allylic oxidation sites excluding steroid dienone is 1. The van der Waals surface area contributed by atoms with E-state index in [4.69, 9.17) is 0 Å². The number of carbonyl (C=O) groups is 1. The second-order valence-corrected chi connectivity index (χ2v) is 6.25. The van der Waals surface area contributed by atoms with Gasteiger partial charge in [0.05, 0.1) is 0 Å². The zero-order chi connectivity index (χ0) is 17.9. The predicted molar refractivity (Wildman–Crippen MR) is 90.7 cm³/mol. The van der Waals surface area contributed by atoms with Gasteiger partial charge in [0.1, 0.15) is 5.76 Å². The Morgan fingerprint density at radius 3 is 2.12 bits per heavy atom. The molecular formula is C18H30O6. The van der Waals surface area contributed by atoms with Gasteiger partial charge in [-0.15, -0.1) is 0 Å². The highest BCUT2D eigenvalue weighted by atomic mass is 16.6. The van der Waals surface area contributed by atoms with Gasteiger partial charge in [-0.2, -0.15) is 0 Å². The molecule has 0 amide bonds. The molecule has 0 fully saturated rings. The maximum Gasteiger partial charge on any atom is 0.378 e. The zero-order valence-corrected chi connectivity index (χ0v) is 14.4. The minimum absolute atomic E-state index is 0.367. The summed E-state index contributed by atoms with van der Waals surface area (Å²) in [5, 5.41) is 38.3. The number of cyclic esters (lactones) is 1. The van der Waals surface area contributed by atoms with E-state index in [0.717, 1.165) is 19.3 Å². The van der Waals surface area contributed by atoms with Crippen LogP contribution >= 0.6 is 0 Å². The van der Waals surface area contributed by atoms with E-state index >= 15 is 0 Å². The Morgan fingerprint density at radius 1 is 1.08 bits per heavy atom. The van der Waals surface area contributed by atoms with Crippen LogP contribution in [-0.2, 0) is 9.53 Å². The van der Waals surface area contributed by atoms with Crippen molar-refractivity contribution in [3.05, 3.63) is 23.4 Å². The molecule has 6 heteroatoms. The van der Waals surface area contributed by atoms with Crippen LogP contribution in [0.5, 0.6) is 0 Å². The maximum atomic E-state index is 11.1. The van der Waals surface area contributed by atoms with Gasteiger partial charge >= 0.3 is 5.97 Å². The van der Waals surface area contributed by atoms with E-state index in [-0.39, 0.29) is 5.76 Å². The predicted octanol–water partition coefficient (Wildman–Crippen LogP) is 3.96. The highest BCUT2D eigenvalue weighted by Gasteiger charge is 2.40. The molecule has 1 aliphatic heterocycles. The molecule has 2 atom stereocenters. The molecule has 0 spiro atoms. The minimum Gasteiger partial charge on any atom is -0.510 e. The van der Waals surface area contributed by atoms with Crippen molar-refractivity contribution < 1.29 is 30.0 Å². The Morgan fingerprint density at radius 2 is 1.62 bits per heavy atom. The molecule has 1 rings (SSSR count). The molecule has 0 saturated carbocycles. The van der Waals surface area contributed by atoms with E-state index in [2.05, 4.69) is 11.7 Å². The van der Waals surface area contributed by atoms with Crippen molar-refractivity contribution in [2.45, 2.75) is 83.3 Å². The summed E-state index contributed by atoms with van der Waals surface area (Å²) in [6.45, 7) is 2.21. The molecule has 0 bridgehead atoms. The third-order valence-electron chi connectivity index (χ3n) is 4.19. The van der Waals surface area contributed by atoms with Crippen molar-refractivity contribution in [1.82, 2.24) is 0 Å². The van der Waals surface area contributed by atoms with Gasteiger partial charge in [-0.25, -0.2) is 4.79 Å². The summed E-state index contributed by atoms with van der Waals surface area (Å²) in [6.07, 6.45) is 9.80. The van der Waals surface area contributed by atoms with Crippen LogP contribution in [0.4, 0.5) is 0 Å². The molecule has 0 aliphatic carbocycles. The van der Waals surface area contributed by atoms with Crippen LogP contribution in [-0.4, -0.2) is 38.6 Å². The fourth-order valence-corrected chi connectivity index (χ4v) is 2.66. The number of unbranched alkanes of at least 4 members (excludes halogenated alkanes) is 9. The summed E-state index contributed by atoms with van der Waals surface area (Å²) in [5.41, 5.74) is 0. The Balaban J connectivity index is 2.17. The van der Waals surface area contributed by atoms with Crippen LogP contribution in [0, 0.1) is 0 Å². The highest BCUT2D eigenvalue weighted by molar-refractivity contribution is 5.89. The lowest BCUT2D eigenvalue weighted by molar-refractivity contribution is -0.146. The topological polar surface area (TPSA) is 107 Å². The Labute approximate surface area is 143 Å². The van der Waals surface area contributed by atoms with Gasteiger partial charge in [0.15, 0.2) is 18.0 Å². The number of esters is 1.